The number of hydrogen-bond donors (Lipinski definition) is 1. The highest BCUT2D eigenvalue weighted by molar-refractivity contribution is 7.18. The zero-order chi connectivity index (χ0) is 17.1. The van der Waals surface area contributed by atoms with E-state index in [1.165, 1.54) is 18.4 Å². The summed E-state index contributed by atoms with van der Waals surface area (Å²) in [5.74, 6) is -0.836. The first-order chi connectivity index (χ1) is 11.6. The molecule has 0 spiro atoms. The van der Waals surface area contributed by atoms with Gasteiger partial charge in [0.2, 0.25) is 5.91 Å². The maximum Gasteiger partial charge on any atom is 0.350 e. The average Bonchev–Trinajstić information content (AvgIpc) is 3.24. The van der Waals surface area contributed by atoms with Gasteiger partial charge < -0.3 is 14.8 Å². The van der Waals surface area contributed by atoms with E-state index in [0.29, 0.717) is 35.2 Å². The number of amides is 1. The fourth-order valence-corrected chi connectivity index (χ4v) is 3.86. The Labute approximate surface area is 148 Å². The summed E-state index contributed by atoms with van der Waals surface area (Å²) in [7, 11) is 1.31. The molecule has 0 saturated carbocycles. The Bertz CT molecular complexity index is 768. The Kier molecular flexibility index (Phi) is 5.18. The number of ether oxygens (including phenoxy) is 2. The largest absolute Gasteiger partial charge is 0.465 e. The molecule has 1 aromatic heterocycles. The normalized spacial score (nSPS) is 16.8. The zero-order valence-electron chi connectivity index (χ0n) is 13.0. The highest BCUT2D eigenvalue weighted by Gasteiger charge is 2.26. The van der Waals surface area contributed by atoms with E-state index in [9.17, 15) is 9.59 Å². The molecule has 0 aliphatic carbocycles. The molecule has 1 amide bonds. The van der Waals surface area contributed by atoms with Crippen LogP contribution in [0.5, 0.6) is 0 Å². The van der Waals surface area contributed by atoms with Crippen LogP contribution < -0.4 is 5.32 Å². The minimum Gasteiger partial charge on any atom is -0.465 e. The second kappa shape index (κ2) is 7.34. The number of methoxy groups -OCH3 is 1. The van der Waals surface area contributed by atoms with Crippen molar-refractivity contribution in [3.05, 3.63) is 40.2 Å². The first-order valence-electron chi connectivity index (χ1n) is 7.46. The second-order valence-electron chi connectivity index (χ2n) is 5.37. The molecule has 1 aliphatic heterocycles. The predicted octanol–water partition coefficient (Wildman–Crippen LogP) is 3.83. The van der Waals surface area contributed by atoms with Crippen LogP contribution in [0.15, 0.2) is 30.3 Å². The lowest BCUT2D eigenvalue weighted by molar-refractivity contribution is -0.119. The van der Waals surface area contributed by atoms with E-state index in [4.69, 9.17) is 21.1 Å². The highest BCUT2D eigenvalue weighted by atomic mass is 35.5. The standard InChI is InChI=1S/C17H16ClNO4S/c1-22-17(21)15-13(19-16(20)10-6-7-23-9-10)8-14(24-15)11-4-2-3-5-12(11)18/h2-5,8,10H,6-7,9H2,1H3,(H,19,20)/t10-/m1/s1. The summed E-state index contributed by atoms with van der Waals surface area (Å²) in [6, 6.07) is 9.11. The van der Waals surface area contributed by atoms with Crippen LogP contribution in [-0.4, -0.2) is 32.2 Å². The van der Waals surface area contributed by atoms with Crippen LogP contribution in [0.4, 0.5) is 5.69 Å². The van der Waals surface area contributed by atoms with Crippen LogP contribution in [0, 0.1) is 5.92 Å². The Morgan fingerprint density at radius 3 is 2.83 bits per heavy atom. The molecule has 0 bridgehead atoms. The number of thiophene rings is 1. The summed E-state index contributed by atoms with van der Waals surface area (Å²) in [6.45, 7) is 0.983. The van der Waals surface area contributed by atoms with Gasteiger partial charge in [0, 0.05) is 22.1 Å². The minimum atomic E-state index is -0.490. The van der Waals surface area contributed by atoms with Crippen molar-refractivity contribution < 1.29 is 19.1 Å². The van der Waals surface area contributed by atoms with E-state index >= 15 is 0 Å². The summed E-state index contributed by atoms with van der Waals surface area (Å²) in [5.41, 5.74) is 1.25. The zero-order valence-corrected chi connectivity index (χ0v) is 14.6. The molecular weight excluding hydrogens is 350 g/mol. The molecule has 0 unspecified atom stereocenters. The van der Waals surface area contributed by atoms with Gasteiger partial charge in [-0.3, -0.25) is 4.79 Å². The van der Waals surface area contributed by atoms with Gasteiger partial charge in [0.05, 0.1) is 25.3 Å². The lowest BCUT2D eigenvalue weighted by Gasteiger charge is -2.09. The third-order valence-electron chi connectivity index (χ3n) is 3.80. The number of esters is 1. The molecule has 1 saturated heterocycles. The van der Waals surface area contributed by atoms with Crippen LogP contribution in [0.3, 0.4) is 0 Å². The Hall–Kier alpha value is -1.89. The third kappa shape index (κ3) is 3.45. The predicted molar refractivity (Wildman–Crippen MR) is 93.7 cm³/mol. The van der Waals surface area contributed by atoms with Gasteiger partial charge in [-0.25, -0.2) is 4.79 Å². The van der Waals surface area contributed by atoms with E-state index in [0.717, 1.165) is 10.4 Å². The maximum atomic E-state index is 12.3. The minimum absolute atomic E-state index is 0.152. The Morgan fingerprint density at radius 2 is 2.17 bits per heavy atom. The molecule has 5 nitrogen and oxygen atoms in total. The number of halogens is 1. The smallest absolute Gasteiger partial charge is 0.350 e. The molecule has 1 aromatic carbocycles. The van der Waals surface area contributed by atoms with Gasteiger partial charge >= 0.3 is 5.97 Å². The fourth-order valence-electron chi connectivity index (χ4n) is 2.50. The number of benzene rings is 1. The van der Waals surface area contributed by atoms with Crippen molar-refractivity contribution in [2.45, 2.75) is 6.42 Å². The third-order valence-corrected chi connectivity index (χ3v) is 5.28. The van der Waals surface area contributed by atoms with Gasteiger partial charge in [0.1, 0.15) is 4.88 Å². The number of anilines is 1. The van der Waals surface area contributed by atoms with E-state index in [-0.39, 0.29) is 11.8 Å². The van der Waals surface area contributed by atoms with Gasteiger partial charge in [-0.2, -0.15) is 0 Å². The molecule has 126 valence electrons. The highest BCUT2D eigenvalue weighted by Crippen LogP contribution is 2.38. The van der Waals surface area contributed by atoms with Crippen LogP contribution in [-0.2, 0) is 14.3 Å². The van der Waals surface area contributed by atoms with E-state index in [1.807, 2.05) is 18.2 Å². The van der Waals surface area contributed by atoms with Gasteiger partial charge in [0.25, 0.3) is 0 Å². The van der Waals surface area contributed by atoms with Gasteiger partial charge in [0.15, 0.2) is 0 Å². The van der Waals surface area contributed by atoms with Crippen LogP contribution in [0.2, 0.25) is 5.02 Å². The molecule has 1 atom stereocenters. The number of nitrogens with one attached hydrogen (secondary N) is 1. The Morgan fingerprint density at radius 1 is 1.38 bits per heavy atom. The molecule has 7 heteroatoms. The van der Waals surface area contributed by atoms with Crippen molar-refractivity contribution in [3.63, 3.8) is 0 Å². The summed E-state index contributed by atoms with van der Waals surface area (Å²) >= 11 is 7.47. The van der Waals surface area contributed by atoms with Crippen molar-refractivity contribution >= 4 is 40.5 Å². The van der Waals surface area contributed by atoms with Crippen LogP contribution in [0.25, 0.3) is 10.4 Å². The molecule has 1 N–H and O–H groups in total. The first-order valence-corrected chi connectivity index (χ1v) is 8.65. The molecule has 3 rings (SSSR count). The quantitative estimate of drug-likeness (QED) is 0.836. The topological polar surface area (TPSA) is 64.6 Å². The Balaban J connectivity index is 1.93. The van der Waals surface area contributed by atoms with Crippen LogP contribution in [0.1, 0.15) is 16.1 Å². The number of rotatable bonds is 4. The van der Waals surface area contributed by atoms with Gasteiger partial charge in [-0.15, -0.1) is 11.3 Å². The lowest BCUT2D eigenvalue weighted by Crippen LogP contribution is -2.23. The van der Waals surface area contributed by atoms with E-state index < -0.39 is 5.97 Å². The summed E-state index contributed by atoms with van der Waals surface area (Å²) < 4.78 is 10.1. The summed E-state index contributed by atoms with van der Waals surface area (Å²) in [6.07, 6.45) is 0.681. The average molecular weight is 366 g/mol. The van der Waals surface area contributed by atoms with Crippen molar-refractivity contribution in [1.82, 2.24) is 0 Å². The summed E-state index contributed by atoms with van der Waals surface area (Å²) in [5, 5.41) is 3.41. The van der Waals surface area contributed by atoms with Gasteiger partial charge in [-0.1, -0.05) is 29.8 Å². The molecule has 2 heterocycles. The molecule has 0 radical (unpaired) electrons. The molecule has 1 aliphatic rings. The van der Waals surface area contributed by atoms with E-state index in [1.54, 1.807) is 12.1 Å². The lowest BCUT2D eigenvalue weighted by atomic mass is 10.1. The second-order valence-corrected chi connectivity index (χ2v) is 6.83. The van der Waals surface area contributed by atoms with Crippen LogP contribution >= 0.6 is 22.9 Å². The molecule has 24 heavy (non-hydrogen) atoms. The van der Waals surface area contributed by atoms with E-state index in [2.05, 4.69) is 5.32 Å². The maximum absolute atomic E-state index is 12.3. The number of hydrogen-bond acceptors (Lipinski definition) is 5. The van der Waals surface area contributed by atoms with Crippen molar-refractivity contribution in [1.29, 1.82) is 0 Å². The van der Waals surface area contributed by atoms with Gasteiger partial charge in [-0.05, 0) is 18.6 Å². The first kappa shape index (κ1) is 17.0. The molecule has 1 fully saturated rings. The van der Waals surface area contributed by atoms with Crippen molar-refractivity contribution in [3.8, 4) is 10.4 Å². The van der Waals surface area contributed by atoms with Crippen molar-refractivity contribution in [2.24, 2.45) is 5.92 Å². The molecular formula is C17H16ClNO4S. The fraction of sp³-hybridized carbons (Fsp3) is 0.294. The SMILES string of the molecule is COC(=O)c1sc(-c2ccccc2Cl)cc1NC(=O)[C@@H]1CCOC1. The number of carbonyl (C=O) groups is 2. The summed E-state index contributed by atoms with van der Waals surface area (Å²) in [4.78, 5) is 25.5. The monoisotopic (exact) mass is 365 g/mol. The van der Waals surface area contributed by atoms with Crippen molar-refractivity contribution in [2.75, 3.05) is 25.6 Å². The number of carbonyl (C=O) groups excluding carboxylic acids is 2. The molecule has 2 aromatic rings.